The fourth-order valence-corrected chi connectivity index (χ4v) is 2.99. The van der Waals surface area contributed by atoms with Crippen molar-refractivity contribution in [2.75, 3.05) is 10.6 Å². The van der Waals surface area contributed by atoms with Crippen molar-refractivity contribution in [3.63, 3.8) is 0 Å². The number of benzene rings is 1. The summed E-state index contributed by atoms with van der Waals surface area (Å²) in [5.74, 6) is 1.63. The number of nitrogens with zero attached hydrogens (tertiary/aromatic N) is 2. The van der Waals surface area contributed by atoms with Gasteiger partial charge in [-0.3, -0.25) is 0 Å². The predicted octanol–water partition coefficient (Wildman–Crippen LogP) is 4.06. The Balaban J connectivity index is 1.66. The van der Waals surface area contributed by atoms with E-state index in [4.69, 9.17) is 0 Å². The first-order valence-corrected chi connectivity index (χ1v) is 8.11. The molecule has 1 aromatic heterocycles. The second-order valence-corrected chi connectivity index (χ2v) is 6.19. The largest absolute Gasteiger partial charge is 0.366 e. The molecule has 2 N–H and O–H groups in total. The second kappa shape index (κ2) is 6.77. The summed E-state index contributed by atoms with van der Waals surface area (Å²) in [6.45, 7) is 4.91. The third-order valence-electron chi connectivity index (χ3n) is 4.10. The first kappa shape index (κ1) is 14.8. The standard InChI is InChI=1S/C18H24N4/c1-13-6-5-7-15(10-13)12-19-17-11-14(2)20-18(22-17)21-16-8-3-4-9-16/h5-7,10-11,16H,3-4,8-9,12H2,1-2H3,(H2,19,20,21,22). The van der Waals surface area contributed by atoms with Crippen molar-refractivity contribution >= 4 is 11.8 Å². The van der Waals surface area contributed by atoms with Crippen molar-refractivity contribution in [1.29, 1.82) is 0 Å². The number of nitrogens with one attached hydrogen (secondary N) is 2. The Morgan fingerprint density at radius 1 is 1.09 bits per heavy atom. The van der Waals surface area contributed by atoms with E-state index in [-0.39, 0.29) is 0 Å². The highest BCUT2D eigenvalue weighted by molar-refractivity contribution is 5.43. The Kier molecular flexibility index (Phi) is 4.56. The minimum absolute atomic E-state index is 0.534. The van der Waals surface area contributed by atoms with Crippen molar-refractivity contribution < 1.29 is 0 Å². The average Bonchev–Trinajstić information content (AvgIpc) is 2.98. The molecule has 3 rings (SSSR count). The van der Waals surface area contributed by atoms with Crippen LogP contribution in [0.2, 0.25) is 0 Å². The van der Waals surface area contributed by atoms with Crippen LogP contribution in [0.3, 0.4) is 0 Å². The van der Waals surface area contributed by atoms with Crippen LogP contribution < -0.4 is 10.6 Å². The summed E-state index contributed by atoms with van der Waals surface area (Å²) in [7, 11) is 0. The van der Waals surface area contributed by atoms with Gasteiger partial charge in [0.15, 0.2) is 0 Å². The molecule has 1 fully saturated rings. The molecule has 1 saturated carbocycles. The average molecular weight is 296 g/mol. The van der Waals surface area contributed by atoms with E-state index in [1.165, 1.54) is 36.8 Å². The van der Waals surface area contributed by atoms with Crippen LogP contribution in [-0.4, -0.2) is 16.0 Å². The highest BCUT2D eigenvalue weighted by Crippen LogP contribution is 2.21. The molecule has 116 valence electrons. The van der Waals surface area contributed by atoms with Gasteiger partial charge in [0.2, 0.25) is 5.95 Å². The molecule has 0 bridgehead atoms. The third kappa shape index (κ3) is 3.97. The van der Waals surface area contributed by atoms with Gasteiger partial charge >= 0.3 is 0 Å². The summed E-state index contributed by atoms with van der Waals surface area (Å²) in [6.07, 6.45) is 5.07. The smallest absolute Gasteiger partial charge is 0.225 e. The van der Waals surface area contributed by atoms with Crippen LogP contribution in [0.15, 0.2) is 30.3 Å². The molecule has 2 aromatic rings. The van der Waals surface area contributed by atoms with Crippen LogP contribution in [0, 0.1) is 13.8 Å². The van der Waals surface area contributed by atoms with Crippen molar-refractivity contribution in [2.45, 2.75) is 52.1 Å². The summed E-state index contributed by atoms with van der Waals surface area (Å²) in [5.41, 5.74) is 3.53. The highest BCUT2D eigenvalue weighted by atomic mass is 15.2. The first-order valence-electron chi connectivity index (χ1n) is 8.11. The van der Waals surface area contributed by atoms with Crippen molar-refractivity contribution in [1.82, 2.24) is 9.97 Å². The van der Waals surface area contributed by atoms with Crippen molar-refractivity contribution in [3.05, 3.63) is 47.2 Å². The van der Waals surface area contributed by atoms with Gasteiger partial charge in [-0.2, -0.15) is 4.98 Å². The Labute approximate surface area is 132 Å². The SMILES string of the molecule is Cc1cccc(CNc2cc(C)nc(NC3CCCC3)n2)c1. The van der Waals surface area contributed by atoms with Gasteiger partial charge < -0.3 is 10.6 Å². The molecule has 0 unspecified atom stereocenters. The van der Waals surface area contributed by atoms with Crippen LogP contribution in [0.4, 0.5) is 11.8 Å². The Bertz CT molecular complexity index is 633. The zero-order chi connectivity index (χ0) is 15.4. The van der Waals surface area contributed by atoms with Crippen LogP contribution in [0.1, 0.15) is 42.5 Å². The maximum atomic E-state index is 4.60. The fraction of sp³-hybridized carbons (Fsp3) is 0.444. The lowest BCUT2D eigenvalue weighted by atomic mass is 10.1. The Hall–Kier alpha value is -2.10. The number of hydrogen-bond donors (Lipinski definition) is 2. The minimum atomic E-state index is 0.534. The summed E-state index contributed by atoms with van der Waals surface area (Å²) >= 11 is 0. The molecule has 0 saturated heterocycles. The van der Waals surface area contributed by atoms with E-state index in [0.717, 1.165) is 24.0 Å². The predicted molar refractivity (Wildman–Crippen MR) is 91.2 cm³/mol. The fourth-order valence-electron chi connectivity index (χ4n) is 2.99. The summed E-state index contributed by atoms with van der Waals surface area (Å²) in [4.78, 5) is 9.11. The number of anilines is 2. The molecular formula is C18H24N4. The number of hydrogen-bond acceptors (Lipinski definition) is 4. The van der Waals surface area contributed by atoms with E-state index in [2.05, 4.69) is 51.8 Å². The Morgan fingerprint density at radius 2 is 1.91 bits per heavy atom. The van der Waals surface area contributed by atoms with Crippen LogP contribution >= 0.6 is 0 Å². The van der Waals surface area contributed by atoms with Crippen LogP contribution in [0.5, 0.6) is 0 Å². The van der Waals surface area contributed by atoms with Gasteiger partial charge in [0, 0.05) is 24.3 Å². The summed E-state index contributed by atoms with van der Waals surface area (Å²) in [6, 6.07) is 11.1. The molecule has 0 spiro atoms. The van der Waals surface area contributed by atoms with Gasteiger partial charge in [-0.15, -0.1) is 0 Å². The molecule has 1 aromatic carbocycles. The van der Waals surface area contributed by atoms with Gasteiger partial charge in [-0.05, 0) is 32.3 Å². The zero-order valence-corrected chi connectivity index (χ0v) is 13.4. The maximum absolute atomic E-state index is 4.60. The zero-order valence-electron chi connectivity index (χ0n) is 13.4. The van der Waals surface area contributed by atoms with E-state index in [1.54, 1.807) is 0 Å². The lowest BCUT2D eigenvalue weighted by molar-refractivity contribution is 0.743. The van der Waals surface area contributed by atoms with Crippen molar-refractivity contribution in [2.24, 2.45) is 0 Å². The molecular weight excluding hydrogens is 272 g/mol. The quantitative estimate of drug-likeness (QED) is 0.873. The second-order valence-electron chi connectivity index (χ2n) is 6.19. The molecule has 0 radical (unpaired) electrons. The van der Waals surface area contributed by atoms with Gasteiger partial charge in [0.25, 0.3) is 0 Å². The first-order chi connectivity index (χ1) is 10.7. The lowest BCUT2D eigenvalue weighted by Crippen LogP contribution is -2.17. The monoisotopic (exact) mass is 296 g/mol. The minimum Gasteiger partial charge on any atom is -0.366 e. The normalized spacial score (nSPS) is 15.0. The van der Waals surface area contributed by atoms with Gasteiger partial charge in [-0.25, -0.2) is 4.98 Å². The molecule has 0 amide bonds. The molecule has 0 aliphatic heterocycles. The van der Waals surface area contributed by atoms with Crippen LogP contribution in [-0.2, 0) is 6.54 Å². The van der Waals surface area contributed by atoms with E-state index in [9.17, 15) is 0 Å². The summed E-state index contributed by atoms with van der Waals surface area (Å²) in [5, 5.41) is 6.87. The molecule has 1 heterocycles. The lowest BCUT2D eigenvalue weighted by Gasteiger charge is -2.14. The third-order valence-corrected chi connectivity index (χ3v) is 4.10. The maximum Gasteiger partial charge on any atom is 0.225 e. The van der Waals surface area contributed by atoms with Gasteiger partial charge in [0.05, 0.1) is 0 Å². The van der Waals surface area contributed by atoms with E-state index >= 15 is 0 Å². The van der Waals surface area contributed by atoms with Gasteiger partial charge in [-0.1, -0.05) is 42.7 Å². The molecule has 0 atom stereocenters. The highest BCUT2D eigenvalue weighted by Gasteiger charge is 2.15. The molecule has 1 aliphatic rings. The molecule has 1 aliphatic carbocycles. The molecule has 4 nitrogen and oxygen atoms in total. The number of aryl methyl sites for hydroxylation is 2. The number of aromatic nitrogens is 2. The van der Waals surface area contributed by atoms with E-state index in [0.29, 0.717) is 6.04 Å². The van der Waals surface area contributed by atoms with Gasteiger partial charge in [0.1, 0.15) is 5.82 Å². The molecule has 4 heteroatoms. The van der Waals surface area contributed by atoms with Crippen molar-refractivity contribution in [3.8, 4) is 0 Å². The topological polar surface area (TPSA) is 49.8 Å². The van der Waals surface area contributed by atoms with E-state index < -0.39 is 0 Å². The molecule has 22 heavy (non-hydrogen) atoms. The van der Waals surface area contributed by atoms with E-state index in [1.807, 2.05) is 13.0 Å². The Morgan fingerprint density at radius 3 is 2.68 bits per heavy atom. The van der Waals surface area contributed by atoms with Crippen LogP contribution in [0.25, 0.3) is 0 Å². The summed E-state index contributed by atoms with van der Waals surface area (Å²) < 4.78 is 0. The number of rotatable bonds is 5.